The number of cyclic esters (lactones) is 4. The first-order chi connectivity index (χ1) is 55.6. The lowest BCUT2D eigenvalue weighted by molar-refractivity contribution is -0.155. The molecule has 0 aliphatic carbocycles. The number of carbonyl (C=O) groups is 13. The van der Waals surface area contributed by atoms with E-state index in [1.165, 1.54) is 4.90 Å². The van der Waals surface area contributed by atoms with Gasteiger partial charge in [0.1, 0.15) is 67.6 Å². The molecule has 4 heterocycles. The van der Waals surface area contributed by atoms with Gasteiger partial charge >= 0.3 is 48.6 Å². The topological polar surface area (TPSA) is 531 Å². The van der Waals surface area contributed by atoms with Crippen LogP contribution in [0, 0.1) is 12.3 Å². The SMILES string of the molecule is C#CCOCCOCCOCCOCCC(=O)N(CCOCCCNC(=O)CO[C@@H]([C@@H]1OC(C(=O)OC)=C[C@H](N=C(NC(=O)OC(C)(C)C)NC(=O)OC(C)(C)C)[C@H]1NC(C)=O)[C@H]1COC(=O)O1)CCOCCCNC(=O)CO[C@@H]([C@@H]1OC(C(=O)OC)=C[C@H](N=C(NC(=O)OC(C)(C)C)NC(=O)OC(C)(C)C)[C@H]1NC(C)=O)[C@H]1COC(=O)O1. The predicted octanol–water partition coefficient (Wildman–Crippen LogP) is 1.26. The third-order valence-corrected chi connectivity index (χ3v) is 15.3. The molecule has 44 heteroatoms. The Morgan fingerprint density at radius 3 is 1.14 bits per heavy atom. The van der Waals surface area contributed by atoms with Crippen LogP contribution in [0.2, 0.25) is 0 Å². The number of ether oxygens (including phenoxy) is 20. The molecule has 0 spiro atoms. The predicted molar refractivity (Wildman–Crippen MR) is 407 cm³/mol. The molecule has 8 N–H and O–H groups in total. The summed E-state index contributed by atoms with van der Waals surface area (Å²) in [5.74, 6) is -4.94. The van der Waals surface area contributed by atoms with Gasteiger partial charge in [-0.25, -0.2) is 48.3 Å². The van der Waals surface area contributed by atoms with Gasteiger partial charge in [-0.15, -0.1) is 6.42 Å². The largest absolute Gasteiger partial charge is 0.508 e. The number of hydrogen-bond acceptors (Lipinski definition) is 35. The fraction of sp³-hybridized carbons (Fsp3) is 0.716. The zero-order valence-electron chi connectivity index (χ0n) is 69.6. The van der Waals surface area contributed by atoms with Gasteiger partial charge in [0, 0.05) is 53.2 Å². The lowest BCUT2D eigenvalue weighted by Gasteiger charge is -2.40. The monoisotopic (exact) mass is 1690 g/mol. The highest BCUT2D eigenvalue weighted by Gasteiger charge is 2.51. The molecule has 0 radical (unpaired) electrons. The van der Waals surface area contributed by atoms with E-state index in [-0.39, 0.29) is 111 Å². The van der Waals surface area contributed by atoms with Crippen LogP contribution in [0.3, 0.4) is 0 Å². The first-order valence-corrected chi connectivity index (χ1v) is 37.8. The molecule has 9 amide bonds. The maximum atomic E-state index is 13.7. The normalized spacial score (nSPS) is 19.4. The molecule has 0 unspecified atom stereocenters. The molecule has 664 valence electrons. The van der Waals surface area contributed by atoms with E-state index in [9.17, 15) is 62.3 Å². The molecule has 0 aromatic rings. The molecule has 2 fully saturated rings. The number of amides is 9. The summed E-state index contributed by atoms with van der Waals surface area (Å²) in [6, 6.07) is -5.67. The summed E-state index contributed by atoms with van der Waals surface area (Å²) in [7, 11) is 2.10. The van der Waals surface area contributed by atoms with Crippen LogP contribution in [0.25, 0.3) is 0 Å². The first-order valence-electron chi connectivity index (χ1n) is 37.8. The molecule has 118 heavy (non-hydrogen) atoms. The Morgan fingerprint density at radius 1 is 0.492 bits per heavy atom. The molecule has 4 aliphatic heterocycles. The Morgan fingerprint density at radius 2 is 0.831 bits per heavy atom. The number of nitrogens with one attached hydrogen (secondary N) is 8. The average Bonchev–Trinajstić information content (AvgIpc) is 1.23. The standard InChI is InChI=1S/C74H115N11O33/c1-18-26-101-32-34-105-36-37-106-35-33-104-29-21-54(90)85(24-30-102-27-19-22-75-52(88)42-107-57(50-40-109-69(97)113-50)59-55(77-44(2)86)46(38-48(111-59)61(91)99-16)79-63(81-65(93)115-71(4,5)6)82-66(94)116-72(7,8)9)25-31-103-28-20-23-76-53(89)43-108-58(51-41-110-70(98)114-51)60-56(78-45(3)87)47(39-49(112-60)62(92)100-17)80-64(83-67(95)117-73(10,11)12)84-68(96)118-74(13,14)15/h1,38-39,46-47,50-51,55-60H,19-37,40-43H2,2-17H3,(H,75,88)(H,76,89)(H,77,86)(H,78,87)(H2,79,81,82,93,94)(H2,80,83,84,95,96)/t46-,47-,50+,51+,55+,56+,57+,58+,59+,60+/m0/s1. The molecule has 4 aliphatic rings. The Bertz CT molecular complexity index is 3260. The van der Waals surface area contributed by atoms with Crippen molar-refractivity contribution in [3.63, 3.8) is 0 Å². The molecule has 0 bridgehead atoms. The number of guanidine groups is 2. The summed E-state index contributed by atoms with van der Waals surface area (Å²) < 4.78 is 110. The Balaban J connectivity index is 1.42. The fourth-order valence-corrected chi connectivity index (χ4v) is 10.6. The van der Waals surface area contributed by atoms with Crippen LogP contribution in [0.5, 0.6) is 0 Å². The van der Waals surface area contributed by atoms with Gasteiger partial charge < -0.3 is 121 Å². The smallest absolute Gasteiger partial charge is 0.478 e. The van der Waals surface area contributed by atoms with Crippen molar-refractivity contribution in [3.8, 4) is 12.3 Å². The Hall–Kier alpha value is -10.4. The van der Waals surface area contributed by atoms with E-state index >= 15 is 0 Å². The highest BCUT2D eigenvalue weighted by atomic mass is 16.8. The van der Waals surface area contributed by atoms with Gasteiger partial charge in [0.25, 0.3) is 0 Å². The number of aliphatic imine (C=N–C) groups is 2. The second-order valence-electron chi connectivity index (χ2n) is 29.9. The first kappa shape index (κ1) is 99.9. The van der Waals surface area contributed by atoms with E-state index in [0.717, 1.165) is 40.2 Å². The third-order valence-electron chi connectivity index (χ3n) is 15.3. The van der Waals surface area contributed by atoms with Gasteiger partial charge in [-0.1, -0.05) is 5.92 Å². The van der Waals surface area contributed by atoms with E-state index in [1.807, 2.05) is 0 Å². The molecule has 4 rings (SSSR count). The average molecular weight is 1690 g/mol. The van der Waals surface area contributed by atoms with Crippen molar-refractivity contribution in [1.82, 2.24) is 47.4 Å². The van der Waals surface area contributed by atoms with Crippen molar-refractivity contribution in [1.29, 1.82) is 0 Å². The second-order valence-corrected chi connectivity index (χ2v) is 29.9. The maximum Gasteiger partial charge on any atom is 0.508 e. The van der Waals surface area contributed by atoms with Gasteiger partial charge in [0.15, 0.2) is 24.4 Å². The lowest BCUT2D eigenvalue weighted by Crippen LogP contribution is -2.61. The van der Waals surface area contributed by atoms with Gasteiger partial charge in [-0.05, 0) is 108 Å². The number of terminal acetylenes is 1. The Kier molecular flexibility index (Phi) is 42.6. The van der Waals surface area contributed by atoms with Crippen LogP contribution in [0.1, 0.15) is 116 Å². The number of rotatable bonds is 43. The van der Waals surface area contributed by atoms with Crippen LogP contribution in [0.15, 0.2) is 33.7 Å². The number of methoxy groups -OCH3 is 2. The van der Waals surface area contributed by atoms with Crippen LogP contribution < -0.4 is 42.5 Å². The lowest BCUT2D eigenvalue weighted by atomic mass is 9.92. The number of alkyl carbamates (subject to hydrolysis) is 4. The van der Waals surface area contributed by atoms with Gasteiger partial charge in [-0.3, -0.25) is 45.2 Å². The molecule has 0 saturated carbocycles. The fourth-order valence-electron chi connectivity index (χ4n) is 10.6. The van der Waals surface area contributed by atoms with E-state index in [1.54, 1.807) is 83.1 Å². The minimum absolute atomic E-state index is 0.0306. The van der Waals surface area contributed by atoms with Crippen molar-refractivity contribution in [2.75, 3.05) is 146 Å². The van der Waals surface area contributed by atoms with E-state index < -0.39 is 205 Å². The minimum Gasteiger partial charge on any atom is -0.478 e. The summed E-state index contributed by atoms with van der Waals surface area (Å²) in [5, 5.41) is 20.1. The molecule has 0 aromatic carbocycles. The van der Waals surface area contributed by atoms with Gasteiger partial charge in [0.05, 0.1) is 104 Å². The van der Waals surface area contributed by atoms with Crippen molar-refractivity contribution in [2.45, 2.75) is 199 Å². The van der Waals surface area contributed by atoms with Crippen molar-refractivity contribution in [3.05, 3.63) is 23.7 Å². The van der Waals surface area contributed by atoms with Gasteiger partial charge in [-0.2, -0.15) is 0 Å². The van der Waals surface area contributed by atoms with Crippen LogP contribution in [-0.2, 0) is 128 Å². The summed E-state index contributed by atoms with van der Waals surface area (Å²) in [5.41, 5.74) is -4.12. The minimum atomic E-state index is -1.57. The van der Waals surface area contributed by atoms with Crippen LogP contribution >= 0.6 is 0 Å². The van der Waals surface area contributed by atoms with Gasteiger partial charge in [0.2, 0.25) is 53.0 Å². The molecule has 2 saturated heterocycles. The number of hydrogen-bond donors (Lipinski definition) is 8. The molecular weight excluding hydrogens is 1570 g/mol. The van der Waals surface area contributed by atoms with E-state index in [2.05, 4.69) is 58.4 Å². The summed E-state index contributed by atoms with van der Waals surface area (Å²) >= 11 is 0. The molecule has 0 aromatic heterocycles. The number of esters is 2. The Labute approximate surface area is 683 Å². The summed E-state index contributed by atoms with van der Waals surface area (Å²) in [6.07, 6.45) is -7.50. The number of carbonyl (C=O) groups excluding carboxylic acids is 13. The zero-order valence-corrected chi connectivity index (χ0v) is 69.6. The maximum absolute atomic E-state index is 13.7. The summed E-state index contributed by atoms with van der Waals surface area (Å²) in [6.45, 7) is 21.3. The van der Waals surface area contributed by atoms with Crippen molar-refractivity contribution in [2.24, 2.45) is 9.98 Å². The second kappa shape index (κ2) is 50.4. The van der Waals surface area contributed by atoms with Crippen LogP contribution in [-0.4, -0.2) is 324 Å². The summed E-state index contributed by atoms with van der Waals surface area (Å²) in [4.78, 5) is 181. The van der Waals surface area contributed by atoms with Crippen molar-refractivity contribution < 1.29 is 157 Å². The van der Waals surface area contributed by atoms with Crippen molar-refractivity contribution >= 4 is 90.1 Å². The molecule has 44 nitrogen and oxygen atoms in total. The molecular formula is C74H115N11O33. The molecule has 10 atom stereocenters. The third kappa shape index (κ3) is 40.6. The zero-order chi connectivity index (χ0) is 87.8. The van der Waals surface area contributed by atoms with Crippen LogP contribution in [0.4, 0.5) is 28.8 Å². The highest BCUT2D eigenvalue weighted by molar-refractivity contribution is 6.02. The quantitative estimate of drug-likeness (QED) is 0.0106. The number of nitrogens with zero attached hydrogens (tertiary/aromatic N) is 3. The van der Waals surface area contributed by atoms with E-state index in [4.69, 9.17) is 101 Å². The highest BCUT2D eigenvalue weighted by Crippen LogP contribution is 2.32. The van der Waals surface area contributed by atoms with E-state index in [0.29, 0.717) is 19.8 Å².